The molecule has 1 aromatic rings. The second-order valence-corrected chi connectivity index (χ2v) is 6.27. The van der Waals surface area contributed by atoms with Crippen molar-refractivity contribution in [2.24, 2.45) is 5.73 Å². The van der Waals surface area contributed by atoms with Crippen molar-refractivity contribution in [2.45, 2.75) is 30.7 Å². The summed E-state index contributed by atoms with van der Waals surface area (Å²) in [5, 5.41) is 0. The Morgan fingerprint density at radius 2 is 1.88 bits per heavy atom. The summed E-state index contributed by atoms with van der Waals surface area (Å²) in [6.45, 7) is 5.96. The monoisotopic (exact) mass is 253 g/mol. The van der Waals surface area contributed by atoms with Gasteiger partial charge in [-0.2, -0.15) is 0 Å². The van der Waals surface area contributed by atoms with Crippen LogP contribution < -0.4 is 5.73 Å². The van der Waals surface area contributed by atoms with Crippen molar-refractivity contribution in [1.29, 1.82) is 0 Å². The number of hydrogen-bond donors (Lipinski definition) is 1. The quantitative estimate of drug-likeness (QED) is 0.820. The largest absolute Gasteiger partial charge is 0.324 e. The molecular formula is C13H19NO2S. The number of nitrogens with two attached hydrogens (primary N) is 1. The van der Waals surface area contributed by atoms with Gasteiger partial charge >= 0.3 is 0 Å². The summed E-state index contributed by atoms with van der Waals surface area (Å²) in [7, 11) is -3.13. The highest BCUT2D eigenvalue weighted by atomic mass is 32.2. The SMILES string of the molecule is C=C(CC)CC(N)c1ccc(S(C)(=O)=O)cc1. The van der Waals surface area contributed by atoms with Crippen LogP contribution in [0.2, 0.25) is 0 Å². The minimum absolute atomic E-state index is 0.115. The summed E-state index contributed by atoms with van der Waals surface area (Å²) in [4.78, 5) is 0.322. The van der Waals surface area contributed by atoms with Crippen molar-refractivity contribution in [1.82, 2.24) is 0 Å². The predicted molar refractivity (Wildman–Crippen MR) is 70.5 cm³/mol. The van der Waals surface area contributed by atoms with E-state index in [0.717, 1.165) is 24.0 Å². The molecule has 0 aromatic heterocycles. The van der Waals surface area contributed by atoms with Crippen LogP contribution in [-0.2, 0) is 9.84 Å². The van der Waals surface area contributed by atoms with E-state index in [-0.39, 0.29) is 6.04 Å². The topological polar surface area (TPSA) is 60.2 Å². The molecule has 4 heteroatoms. The Hall–Kier alpha value is -1.13. The van der Waals surface area contributed by atoms with Crippen LogP contribution in [0, 0.1) is 0 Å². The molecule has 0 bridgehead atoms. The maximum absolute atomic E-state index is 11.3. The summed E-state index contributed by atoms with van der Waals surface area (Å²) in [6.07, 6.45) is 2.84. The van der Waals surface area contributed by atoms with E-state index in [1.54, 1.807) is 24.3 Å². The highest BCUT2D eigenvalue weighted by Crippen LogP contribution is 2.20. The third-order valence-electron chi connectivity index (χ3n) is 2.74. The summed E-state index contributed by atoms with van der Waals surface area (Å²) in [5.41, 5.74) is 8.06. The second kappa shape index (κ2) is 5.47. The van der Waals surface area contributed by atoms with E-state index in [2.05, 4.69) is 6.58 Å². The van der Waals surface area contributed by atoms with Gasteiger partial charge in [0.05, 0.1) is 4.90 Å². The first-order chi connectivity index (χ1) is 7.84. The van der Waals surface area contributed by atoms with Gasteiger partial charge in [-0.15, -0.1) is 0 Å². The fourth-order valence-corrected chi connectivity index (χ4v) is 2.17. The van der Waals surface area contributed by atoms with Gasteiger partial charge in [0.25, 0.3) is 0 Å². The van der Waals surface area contributed by atoms with Crippen molar-refractivity contribution < 1.29 is 8.42 Å². The Morgan fingerprint density at radius 3 is 2.29 bits per heavy atom. The smallest absolute Gasteiger partial charge is 0.175 e. The lowest BCUT2D eigenvalue weighted by Crippen LogP contribution is -2.11. The molecule has 0 aliphatic heterocycles. The molecule has 3 nitrogen and oxygen atoms in total. The van der Waals surface area contributed by atoms with Gasteiger partial charge in [-0.05, 0) is 30.5 Å². The van der Waals surface area contributed by atoms with Gasteiger partial charge in [0.1, 0.15) is 0 Å². The zero-order valence-corrected chi connectivity index (χ0v) is 11.1. The van der Waals surface area contributed by atoms with Gasteiger partial charge in [-0.1, -0.05) is 31.2 Å². The molecule has 1 aromatic carbocycles. The molecular weight excluding hydrogens is 234 g/mol. The summed E-state index contributed by atoms with van der Waals surface area (Å²) >= 11 is 0. The zero-order chi connectivity index (χ0) is 13.1. The van der Waals surface area contributed by atoms with E-state index in [0.29, 0.717) is 4.90 Å². The molecule has 0 heterocycles. The Morgan fingerprint density at radius 1 is 1.35 bits per heavy atom. The average molecular weight is 253 g/mol. The molecule has 0 saturated carbocycles. The zero-order valence-electron chi connectivity index (χ0n) is 10.3. The predicted octanol–water partition coefficient (Wildman–Crippen LogP) is 2.45. The van der Waals surface area contributed by atoms with Gasteiger partial charge in [-0.25, -0.2) is 8.42 Å². The fourth-order valence-electron chi connectivity index (χ4n) is 1.54. The van der Waals surface area contributed by atoms with E-state index in [4.69, 9.17) is 5.73 Å². The van der Waals surface area contributed by atoms with Crippen LogP contribution >= 0.6 is 0 Å². The first-order valence-corrected chi connectivity index (χ1v) is 7.46. The van der Waals surface area contributed by atoms with Crippen LogP contribution in [0.3, 0.4) is 0 Å². The maximum Gasteiger partial charge on any atom is 0.175 e. The first-order valence-electron chi connectivity index (χ1n) is 5.57. The first kappa shape index (κ1) is 13.9. The molecule has 2 N–H and O–H groups in total. The lowest BCUT2D eigenvalue weighted by Gasteiger charge is -2.13. The van der Waals surface area contributed by atoms with Gasteiger partial charge in [-0.3, -0.25) is 0 Å². The molecule has 0 spiro atoms. The van der Waals surface area contributed by atoms with Crippen molar-refractivity contribution in [3.63, 3.8) is 0 Å². The molecule has 0 amide bonds. The Kier molecular flexibility index (Phi) is 4.48. The molecule has 0 saturated heterocycles. The minimum Gasteiger partial charge on any atom is -0.324 e. The lowest BCUT2D eigenvalue weighted by atomic mass is 9.99. The standard InChI is InChI=1S/C13H19NO2S/c1-4-10(2)9-13(14)11-5-7-12(8-6-11)17(3,15)16/h5-8,13H,2,4,9,14H2,1,3H3. The van der Waals surface area contributed by atoms with Gasteiger partial charge < -0.3 is 5.73 Å². The summed E-state index contributed by atoms with van der Waals surface area (Å²) in [6, 6.07) is 6.61. The number of rotatable bonds is 5. The third-order valence-corrected chi connectivity index (χ3v) is 3.87. The molecule has 1 atom stereocenters. The number of benzene rings is 1. The number of sulfone groups is 1. The lowest BCUT2D eigenvalue weighted by molar-refractivity contribution is 0.601. The fraction of sp³-hybridized carbons (Fsp3) is 0.385. The molecule has 0 aliphatic carbocycles. The van der Waals surface area contributed by atoms with E-state index in [9.17, 15) is 8.42 Å². The van der Waals surface area contributed by atoms with Crippen LogP contribution in [0.25, 0.3) is 0 Å². The van der Waals surface area contributed by atoms with E-state index in [1.807, 2.05) is 6.92 Å². The summed E-state index contributed by atoms with van der Waals surface area (Å²) < 4.78 is 22.6. The summed E-state index contributed by atoms with van der Waals surface area (Å²) in [5.74, 6) is 0. The van der Waals surface area contributed by atoms with Crippen molar-refractivity contribution >= 4 is 9.84 Å². The average Bonchev–Trinajstić information content (AvgIpc) is 2.27. The molecule has 17 heavy (non-hydrogen) atoms. The minimum atomic E-state index is -3.13. The number of hydrogen-bond acceptors (Lipinski definition) is 3. The molecule has 1 rings (SSSR count). The van der Waals surface area contributed by atoms with Crippen LogP contribution in [0.1, 0.15) is 31.4 Å². The van der Waals surface area contributed by atoms with E-state index >= 15 is 0 Å². The highest BCUT2D eigenvalue weighted by molar-refractivity contribution is 7.90. The molecule has 1 unspecified atom stereocenters. The van der Waals surface area contributed by atoms with Crippen LogP contribution in [-0.4, -0.2) is 14.7 Å². The molecule has 0 fully saturated rings. The molecule has 0 aliphatic rings. The maximum atomic E-state index is 11.3. The van der Waals surface area contributed by atoms with Crippen LogP contribution in [0.15, 0.2) is 41.3 Å². The van der Waals surface area contributed by atoms with Gasteiger partial charge in [0, 0.05) is 12.3 Å². The molecule has 94 valence electrons. The van der Waals surface area contributed by atoms with E-state index in [1.165, 1.54) is 6.26 Å². The van der Waals surface area contributed by atoms with Crippen molar-refractivity contribution in [2.75, 3.05) is 6.26 Å². The van der Waals surface area contributed by atoms with E-state index < -0.39 is 9.84 Å². The Bertz CT molecular complexity index is 489. The van der Waals surface area contributed by atoms with Crippen molar-refractivity contribution in [3.8, 4) is 0 Å². The van der Waals surface area contributed by atoms with Crippen LogP contribution in [0.5, 0.6) is 0 Å². The second-order valence-electron chi connectivity index (χ2n) is 4.26. The third kappa shape index (κ3) is 3.98. The highest BCUT2D eigenvalue weighted by Gasteiger charge is 2.10. The van der Waals surface area contributed by atoms with Crippen LogP contribution in [0.4, 0.5) is 0 Å². The Labute approximate surface area is 103 Å². The Balaban J connectivity index is 2.84. The van der Waals surface area contributed by atoms with Gasteiger partial charge in [0.15, 0.2) is 9.84 Å². The van der Waals surface area contributed by atoms with Crippen molar-refractivity contribution in [3.05, 3.63) is 42.0 Å². The van der Waals surface area contributed by atoms with Gasteiger partial charge in [0.2, 0.25) is 0 Å². The normalized spacial score (nSPS) is 13.4. The molecule has 0 radical (unpaired) electrons.